The van der Waals surface area contributed by atoms with E-state index in [2.05, 4.69) is 15.2 Å². The van der Waals surface area contributed by atoms with Crippen molar-refractivity contribution in [3.63, 3.8) is 0 Å². The van der Waals surface area contributed by atoms with E-state index in [-0.39, 0.29) is 24.7 Å². The van der Waals surface area contributed by atoms with E-state index in [4.69, 9.17) is 23.3 Å². The topological polar surface area (TPSA) is 140 Å². The molecule has 0 atom stereocenters. The van der Waals surface area contributed by atoms with Crippen molar-refractivity contribution >= 4 is 33.4 Å². The molecule has 0 amide bonds. The van der Waals surface area contributed by atoms with E-state index in [0.29, 0.717) is 34.7 Å². The Morgan fingerprint density at radius 3 is 1.98 bits per heavy atom. The smallest absolute Gasteiger partial charge is 0.227 e. The number of benzene rings is 5. The van der Waals surface area contributed by atoms with Gasteiger partial charge in [-0.25, -0.2) is 9.97 Å². The minimum absolute atomic E-state index is 0.0188. The molecule has 12 nitrogen and oxygen atoms in total. The monoisotopic (exact) mass is 840 g/mol. The van der Waals surface area contributed by atoms with Gasteiger partial charge in [-0.15, -0.1) is 0 Å². The fourth-order valence-electron chi connectivity index (χ4n) is 7.05. The highest BCUT2D eigenvalue weighted by Crippen LogP contribution is 2.32. The lowest BCUT2D eigenvalue weighted by atomic mass is 10.1. The van der Waals surface area contributed by atoms with Gasteiger partial charge in [0, 0.05) is 34.7 Å². The number of hydrogen-bond donors (Lipinski definition) is 0. The molecule has 0 unspecified atom stereocenters. The molecule has 0 saturated heterocycles. The minimum atomic E-state index is -0.878. The predicted molar refractivity (Wildman–Crippen MR) is 242 cm³/mol. The number of aromatic nitrogens is 6. The van der Waals surface area contributed by atoms with Crippen LogP contribution >= 0.6 is 0 Å². The number of aryl methyl sites for hydroxylation is 3. The Hall–Kier alpha value is -7.60. The number of carbonyl (C=O) groups is 2. The van der Waals surface area contributed by atoms with Crippen molar-refractivity contribution in [2.75, 3.05) is 0 Å². The molecule has 0 aliphatic carbocycles. The number of nitrogens with zero attached hydrogens (tertiary/aromatic N) is 6. The highest BCUT2D eigenvalue weighted by Gasteiger charge is 2.27. The van der Waals surface area contributed by atoms with Gasteiger partial charge in [0.05, 0.1) is 41.1 Å². The van der Waals surface area contributed by atoms with Gasteiger partial charge in [0.15, 0.2) is 22.9 Å². The first-order valence-corrected chi connectivity index (χ1v) is 20.9. The minimum Gasteiger partial charge on any atom is -0.487 e. The first kappa shape index (κ1) is 42.1. The summed E-state index contributed by atoms with van der Waals surface area (Å²) in [6.45, 7) is 9.83. The first-order valence-electron chi connectivity index (χ1n) is 20.9. The molecule has 0 aliphatic rings. The largest absolute Gasteiger partial charge is 0.487 e. The molecule has 4 heterocycles. The third-order valence-corrected chi connectivity index (χ3v) is 10.7. The number of ketones is 2. The Kier molecular flexibility index (Phi) is 12.4. The summed E-state index contributed by atoms with van der Waals surface area (Å²) in [5, 5.41) is 10.7. The highest BCUT2D eigenvalue weighted by atomic mass is 16.5. The molecule has 318 valence electrons. The fraction of sp³-hybridized carbons (Fsp3) is 0.216. The molecule has 5 aromatic carbocycles. The van der Waals surface area contributed by atoms with Crippen LogP contribution in [0.1, 0.15) is 51.3 Å². The number of fused-ring (bicyclic) bond motifs is 2. The van der Waals surface area contributed by atoms with Gasteiger partial charge < -0.3 is 18.3 Å². The molecule has 0 radical (unpaired) electrons. The van der Waals surface area contributed by atoms with Gasteiger partial charge in [0.25, 0.3) is 0 Å². The Morgan fingerprint density at radius 1 is 0.683 bits per heavy atom. The van der Waals surface area contributed by atoms with Crippen molar-refractivity contribution in [3.8, 4) is 45.7 Å². The zero-order valence-electron chi connectivity index (χ0n) is 35.9. The number of ether oxygens (including phenoxy) is 2. The zero-order valence-corrected chi connectivity index (χ0v) is 35.9. The first-order chi connectivity index (χ1) is 30.5. The summed E-state index contributed by atoms with van der Waals surface area (Å²) in [6.07, 6.45) is 5.23. The maximum Gasteiger partial charge on any atom is 0.227 e. The molecule has 9 rings (SSSR count). The second-order valence-corrected chi connectivity index (χ2v) is 15.8. The van der Waals surface area contributed by atoms with Gasteiger partial charge in [0.1, 0.15) is 29.6 Å². The van der Waals surface area contributed by atoms with Crippen molar-refractivity contribution in [1.82, 2.24) is 29.5 Å². The zero-order chi connectivity index (χ0) is 43.9. The van der Waals surface area contributed by atoms with Gasteiger partial charge in [0.2, 0.25) is 11.8 Å². The van der Waals surface area contributed by atoms with Crippen LogP contribution in [0.5, 0.6) is 11.5 Å². The summed E-state index contributed by atoms with van der Waals surface area (Å²) in [6, 6.07) is 41.2. The molecule has 4 aromatic heterocycles. The van der Waals surface area contributed by atoms with Gasteiger partial charge in [-0.05, 0) is 96.0 Å². The lowest BCUT2D eigenvalue weighted by molar-refractivity contribution is -0.129. The van der Waals surface area contributed by atoms with Crippen LogP contribution in [0.2, 0.25) is 0 Å². The van der Waals surface area contributed by atoms with Crippen molar-refractivity contribution in [1.29, 1.82) is 0 Å². The SMILES string of the molecule is CC(=O)C(C)(C)Oc1cccc2c1cnn2CCCc1nc(-c2ccccc2)oc1C.CC(=O)Cn1ncc2ccc(OCc3nc(-c4ccccc4)oc3-c3ccccc3)cc21. The van der Waals surface area contributed by atoms with Crippen LogP contribution in [0, 0.1) is 6.92 Å². The third-order valence-electron chi connectivity index (χ3n) is 10.7. The average Bonchev–Trinajstić information content (AvgIpc) is 4.10. The van der Waals surface area contributed by atoms with Crippen molar-refractivity contribution in [3.05, 3.63) is 157 Å². The van der Waals surface area contributed by atoms with E-state index >= 15 is 0 Å². The number of oxazole rings is 2. The van der Waals surface area contributed by atoms with Gasteiger partial charge in [-0.2, -0.15) is 10.2 Å². The molecule has 0 spiro atoms. The van der Waals surface area contributed by atoms with E-state index in [1.807, 2.05) is 139 Å². The summed E-state index contributed by atoms with van der Waals surface area (Å²) in [5.74, 6) is 4.12. The summed E-state index contributed by atoms with van der Waals surface area (Å²) in [4.78, 5) is 32.8. The summed E-state index contributed by atoms with van der Waals surface area (Å²) >= 11 is 0. The van der Waals surface area contributed by atoms with Crippen molar-refractivity contribution in [2.45, 2.75) is 72.8 Å². The molecule has 0 aliphatic heterocycles. The molecular formula is C51H48N6O6. The number of Topliss-reactive ketones (excluding diaryl/α,β-unsaturated/α-hetero) is 2. The van der Waals surface area contributed by atoms with E-state index in [0.717, 1.165) is 69.3 Å². The molecule has 0 bridgehead atoms. The van der Waals surface area contributed by atoms with Crippen LogP contribution in [-0.4, -0.2) is 46.7 Å². The van der Waals surface area contributed by atoms with Gasteiger partial charge in [-0.3, -0.25) is 19.0 Å². The summed E-state index contributed by atoms with van der Waals surface area (Å²) in [7, 11) is 0. The van der Waals surface area contributed by atoms with Crippen LogP contribution in [0.4, 0.5) is 0 Å². The highest BCUT2D eigenvalue weighted by molar-refractivity contribution is 5.88. The number of hydrogen-bond acceptors (Lipinski definition) is 10. The van der Waals surface area contributed by atoms with Crippen LogP contribution in [-0.2, 0) is 35.7 Å². The Morgan fingerprint density at radius 2 is 1.32 bits per heavy atom. The number of carbonyl (C=O) groups excluding carboxylic acids is 2. The Bertz CT molecular complexity index is 2980. The van der Waals surface area contributed by atoms with E-state index in [1.54, 1.807) is 44.8 Å². The van der Waals surface area contributed by atoms with Gasteiger partial charge >= 0.3 is 0 Å². The van der Waals surface area contributed by atoms with E-state index < -0.39 is 5.60 Å². The predicted octanol–water partition coefficient (Wildman–Crippen LogP) is 10.9. The van der Waals surface area contributed by atoms with Crippen molar-refractivity contribution < 1.29 is 27.9 Å². The summed E-state index contributed by atoms with van der Waals surface area (Å²) in [5.41, 5.74) is 5.48. The van der Waals surface area contributed by atoms with Crippen molar-refractivity contribution in [2.24, 2.45) is 0 Å². The number of rotatable bonds is 15. The average molecular weight is 841 g/mol. The van der Waals surface area contributed by atoms with Crippen LogP contribution in [0.15, 0.2) is 149 Å². The molecule has 0 saturated carbocycles. The Balaban J connectivity index is 0.000000173. The second kappa shape index (κ2) is 18.6. The lowest BCUT2D eigenvalue weighted by Gasteiger charge is -2.23. The van der Waals surface area contributed by atoms with Crippen LogP contribution < -0.4 is 9.47 Å². The Labute approximate surface area is 365 Å². The summed E-state index contributed by atoms with van der Waals surface area (Å²) < 4.78 is 27.8. The quantitative estimate of drug-likeness (QED) is 0.0979. The molecule has 0 fully saturated rings. The molecule has 63 heavy (non-hydrogen) atoms. The van der Waals surface area contributed by atoms with Crippen LogP contribution in [0.3, 0.4) is 0 Å². The standard InChI is InChI=1S/C26H21N3O3.C25H27N3O3/c1-18(30)16-29-24-14-22(13-12-21(24)15-27-29)31-17-23-25(19-8-4-2-5-9-19)32-26(28-23)20-10-6-3-7-11-20;1-17-21(27-24(30-17)19-10-6-5-7-11-19)12-9-15-28-22-13-8-14-23(20(22)16-26-28)31-25(3,4)18(2)29/h2-15H,16-17H2,1H3;5-8,10-11,13-14,16H,9,12,15H2,1-4H3. The van der Waals surface area contributed by atoms with Crippen LogP contribution in [0.25, 0.3) is 56.0 Å². The second-order valence-electron chi connectivity index (χ2n) is 15.8. The van der Waals surface area contributed by atoms with Gasteiger partial charge in [-0.1, -0.05) is 72.8 Å². The maximum atomic E-state index is 11.8. The normalized spacial score (nSPS) is 11.4. The molecule has 0 N–H and O–H groups in total. The molecule has 12 heteroatoms. The fourth-order valence-corrected chi connectivity index (χ4v) is 7.05. The maximum absolute atomic E-state index is 11.8. The lowest BCUT2D eigenvalue weighted by Crippen LogP contribution is -2.36. The van der Waals surface area contributed by atoms with E-state index in [9.17, 15) is 9.59 Å². The van der Waals surface area contributed by atoms with E-state index in [1.165, 1.54) is 0 Å². The third kappa shape index (κ3) is 9.81. The molecule has 9 aromatic rings. The molecular weight excluding hydrogens is 793 g/mol.